The fourth-order valence-corrected chi connectivity index (χ4v) is 4.93. The number of fused-ring (bicyclic) bond motifs is 1. The average molecular weight is 550 g/mol. The molecule has 0 radical (unpaired) electrons. The number of aliphatic hydroxyl groups is 1. The zero-order chi connectivity index (χ0) is 28.0. The Bertz CT molecular complexity index is 1200. The molecule has 216 valence electrons. The lowest BCUT2D eigenvalue weighted by atomic mass is 10.2. The minimum Gasteiger partial charge on any atom is -0.493 e. The fraction of sp³-hybridized carbons (Fsp3) is 0.500. The predicted octanol–water partition coefficient (Wildman–Crippen LogP) is 4.45. The molecule has 40 heavy (non-hydrogen) atoms. The third kappa shape index (κ3) is 9.32. The lowest BCUT2D eigenvalue weighted by molar-refractivity contribution is 0.189. The Hall–Kier alpha value is -3.47. The number of hydrogen-bond acceptors (Lipinski definition) is 8. The first-order chi connectivity index (χ1) is 19.6. The van der Waals surface area contributed by atoms with Gasteiger partial charge in [-0.2, -0.15) is 0 Å². The van der Waals surface area contributed by atoms with Crippen LogP contribution in [0.3, 0.4) is 0 Å². The Kier molecular flexibility index (Phi) is 11.8. The van der Waals surface area contributed by atoms with E-state index in [0.29, 0.717) is 31.2 Å². The zero-order valence-corrected chi connectivity index (χ0v) is 23.6. The van der Waals surface area contributed by atoms with Gasteiger partial charge in [0, 0.05) is 42.5 Å². The van der Waals surface area contributed by atoms with E-state index in [2.05, 4.69) is 42.6 Å². The van der Waals surface area contributed by atoms with Crippen molar-refractivity contribution in [1.29, 1.82) is 0 Å². The normalized spacial score (nSPS) is 13.6. The van der Waals surface area contributed by atoms with E-state index in [1.165, 1.54) is 32.3 Å². The minimum atomic E-state index is -0.200. The standard InChI is InChI=1S/C30H43N7O3/c1-2-36(18-19-38)17-8-20-40-26-11-12-27-28(22-26)32-23-33-29(27)34-24-9-7-10-25(21-24)35-30(39)31-13-3-4-14-37-15-5-6-16-37/h7,9-12,21-23,38H,2-6,8,13-20H2,1H3,(H2,31,35,39)(H,32,33,34). The molecule has 0 saturated carbocycles. The van der Waals surface area contributed by atoms with Crippen LogP contribution in [0.1, 0.15) is 39.0 Å². The van der Waals surface area contributed by atoms with Crippen LogP contribution in [-0.4, -0.2) is 89.9 Å². The van der Waals surface area contributed by atoms with Gasteiger partial charge in [0.2, 0.25) is 0 Å². The van der Waals surface area contributed by atoms with E-state index < -0.39 is 0 Å². The summed E-state index contributed by atoms with van der Waals surface area (Å²) in [5.41, 5.74) is 2.30. The topological polar surface area (TPSA) is 115 Å². The lowest BCUT2D eigenvalue weighted by Gasteiger charge is -2.18. The molecule has 0 spiro atoms. The third-order valence-corrected chi connectivity index (χ3v) is 7.13. The highest BCUT2D eigenvalue weighted by molar-refractivity contribution is 5.92. The molecule has 1 aliphatic heterocycles. The molecule has 1 saturated heterocycles. The molecular weight excluding hydrogens is 506 g/mol. The molecule has 4 N–H and O–H groups in total. The van der Waals surface area contributed by atoms with Crippen molar-refractivity contribution in [3.8, 4) is 5.75 Å². The van der Waals surface area contributed by atoms with Crippen LogP contribution in [-0.2, 0) is 0 Å². The van der Waals surface area contributed by atoms with Crippen molar-refractivity contribution in [3.63, 3.8) is 0 Å². The smallest absolute Gasteiger partial charge is 0.319 e. The number of likely N-dealkylation sites (N-methyl/N-ethyl adjacent to an activating group) is 1. The summed E-state index contributed by atoms with van der Waals surface area (Å²) in [7, 11) is 0. The average Bonchev–Trinajstić information content (AvgIpc) is 3.48. The lowest BCUT2D eigenvalue weighted by Crippen LogP contribution is -2.30. The van der Waals surface area contributed by atoms with Crippen molar-refractivity contribution >= 4 is 34.1 Å². The molecule has 2 heterocycles. The van der Waals surface area contributed by atoms with Crippen molar-refractivity contribution < 1.29 is 14.6 Å². The Balaban J connectivity index is 1.26. The molecule has 4 rings (SSSR count). The summed E-state index contributed by atoms with van der Waals surface area (Å²) in [5.74, 6) is 1.44. The molecule has 1 aliphatic rings. The van der Waals surface area contributed by atoms with Gasteiger partial charge in [-0.3, -0.25) is 0 Å². The molecule has 1 aromatic heterocycles. The second-order valence-corrected chi connectivity index (χ2v) is 10.1. The summed E-state index contributed by atoms with van der Waals surface area (Å²) in [6.07, 6.45) is 7.10. The molecule has 2 aromatic carbocycles. The van der Waals surface area contributed by atoms with Crippen molar-refractivity contribution in [3.05, 3.63) is 48.8 Å². The monoisotopic (exact) mass is 549 g/mol. The van der Waals surface area contributed by atoms with Crippen LogP contribution >= 0.6 is 0 Å². The van der Waals surface area contributed by atoms with E-state index in [1.807, 2.05) is 42.5 Å². The first-order valence-corrected chi connectivity index (χ1v) is 14.5. The summed E-state index contributed by atoms with van der Waals surface area (Å²) in [5, 5.41) is 19.2. The van der Waals surface area contributed by atoms with E-state index in [-0.39, 0.29) is 12.6 Å². The van der Waals surface area contributed by atoms with Crippen LogP contribution in [0.5, 0.6) is 5.75 Å². The van der Waals surface area contributed by atoms with Gasteiger partial charge in [0.15, 0.2) is 0 Å². The van der Waals surface area contributed by atoms with Gasteiger partial charge in [0.05, 0.1) is 18.7 Å². The van der Waals surface area contributed by atoms with Gasteiger partial charge in [-0.15, -0.1) is 0 Å². The maximum absolute atomic E-state index is 12.4. The number of amides is 2. The van der Waals surface area contributed by atoms with E-state index in [1.54, 1.807) is 0 Å². The fourth-order valence-electron chi connectivity index (χ4n) is 4.93. The number of aromatic nitrogens is 2. The number of nitrogens with one attached hydrogen (secondary N) is 3. The van der Waals surface area contributed by atoms with E-state index in [0.717, 1.165) is 61.2 Å². The Morgan fingerprint density at radius 1 is 1.05 bits per heavy atom. The number of nitrogens with zero attached hydrogens (tertiary/aromatic N) is 4. The van der Waals surface area contributed by atoms with Gasteiger partial charge in [-0.05, 0) is 88.6 Å². The highest BCUT2D eigenvalue weighted by atomic mass is 16.5. The number of hydrogen-bond donors (Lipinski definition) is 4. The zero-order valence-electron chi connectivity index (χ0n) is 23.6. The van der Waals surface area contributed by atoms with E-state index in [4.69, 9.17) is 9.84 Å². The maximum atomic E-state index is 12.4. The molecular formula is C30H43N7O3. The summed E-state index contributed by atoms with van der Waals surface area (Å²) in [6.45, 7) is 9.54. The van der Waals surface area contributed by atoms with Gasteiger partial charge >= 0.3 is 6.03 Å². The van der Waals surface area contributed by atoms with Gasteiger partial charge in [0.1, 0.15) is 17.9 Å². The number of urea groups is 1. The number of ether oxygens (including phenoxy) is 1. The number of anilines is 3. The van der Waals surface area contributed by atoms with Crippen molar-refractivity contribution in [2.75, 3.05) is 69.7 Å². The van der Waals surface area contributed by atoms with Crippen molar-refractivity contribution in [2.45, 2.75) is 39.0 Å². The SMILES string of the molecule is CCN(CCO)CCCOc1ccc2c(Nc3cccc(NC(=O)NCCCCN4CCCC4)c3)ncnc2c1. The number of rotatable bonds is 16. The quantitative estimate of drug-likeness (QED) is 0.194. The highest BCUT2D eigenvalue weighted by Crippen LogP contribution is 2.27. The molecule has 0 unspecified atom stereocenters. The molecule has 1 fully saturated rings. The van der Waals surface area contributed by atoms with Crippen molar-refractivity contribution in [1.82, 2.24) is 25.1 Å². The van der Waals surface area contributed by atoms with Crippen LogP contribution < -0.4 is 20.7 Å². The number of aliphatic hydroxyl groups excluding tert-OH is 1. The summed E-state index contributed by atoms with van der Waals surface area (Å²) < 4.78 is 5.94. The molecule has 0 atom stereocenters. The Morgan fingerprint density at radius 3 is 2.73 bits per heavy atom. The van der Waals surface area contributed by atoms with Crippen LogP contribution in [0.15, 0.2) is 48.8 Å². The van der Waals surface area contributed by atoms with Crippen LogP contribution in [0.2, 0.25) is 0 Å². The largest absolute Gasteiger partial charge is 0.493 e. The molecule has 10 nitrogen and oxygen atoms in total. The van der Waals surface area contributed by atoms with Gasteiger partial charge in [-0.25, -0.2) is 14.8 Å². The van der Waals surface area contributed by atoms with Crippen molar-refractivity contribution in [2.24, 2.45) is 0 Å². The molecule has 10 heteroatoms. The Morgan fingerprint density at radius 2 is 1.90 bits per heavy atom. The van der Waals surface area contributed by atoms with E-state index in [9.17, 15) is 4.79 Å². The van der Waals surface area contributed by atoms with Gasteiger partial charge in [0.25, 0.3) is 0 Å². The molecule has 2 amide bonds. The molecule has 0 bridgehead atoms. The summed E-state index contributed by atoms with van der Waals surface area (Å²) in [6, 6.07) is 13.2. The van der Waals surface area contributed by atoms with Gasteiger partial charge < -0.3 is 35.6 Å². The van der Waals surface area contributed by atoms with Crippen LogP contribution in [0, 0.1) is 0 Å². The number of carbonyl (C=O) groups excluding carboxylic acids is 1. The van der Waals surface area contributed by atoms with Crippen LogP contribution in [0.25, 0.3) is 10.9 Å². The second-order valence-electron chi connectivity index (χ2n) is 10.1. The highest BCUT2D eigenvalue weighted by Gasteiger charge is 2.11. The number of likely N-dealkylation sites (tertiary alicyclic amines) is 1. The third-order valence-electron chi connectivity index (χ3n) is 7.13. The van der Waals surface area contributed by atoms with Crippen LogP contribution in [0.4, 0.5) is 22.0 Å². The first-order valence-electron chi connectivity index (χ1n) is 14.5. The second kappa shape index (κ2) is 16.0. The number of benzene rings is 2. The summed E-state index contributed by atoms with van der Waals surface area (Å²) in [4.78, 5) is 25.9. The number of unbranched alkanes of at least 4 members (excludes halogenated alkanes) is 1. The summed E-state index contributed by atoms with van der Waals surface area (Å²) >= 11 is 0. The van der Waals surface area contributed by atoms with E-state index >= 15 is 0 Å². The van der Waals surface area contributed by atoms with Gasteiger partial charge in [-0.1, -0.05) is 13.0 Å². The minimum absolute atomic E-state index is 0.171. The molecule has 3 aromatic rings. The Labute approximate surface area is 237 Å². The maximum Gasteiger partial charge on any atom is 0.319 e. The predicted molar refractivity (Wildman–Crippen MR) is 161 cm³/mol. The molecule has 0 aliphatic carbocycles. The number of carbonyl (C=O) groups is 1. The first kappa shape index (κ1) is 29.5.